The van der Waals surface area contributed by atoms with Crippen LogP contribution in [-0.4, -0.2) is 53.0 Å². The first-order chi connectivity index (χ1) is 8.86. The molecule has 19 heavy (non-hydrogen) atoms. The van der Waals surface area contributed by atoms with Gasteiger partial charge in [-0.2, -0.15) is 4.31 Å². The molecule has 1 aromatic heterocycles. The van der Waals surface area contributed by atoms with Crippen LogP contribution < -0.4 is 5.32 Å². The molecule has 1 N–H and O–H groups in total. The van der Waals surface area contributed by atoms with Crippen molar-refractivity contribution in [2.24, 2.45) is 0 Å². The Hall–Kier alpha value is -0.960. The Labute approximate surface area is 117 Å². The van der Waals surface area contributed by atoms with Crippen molar-refractivity contribution in [2.75, 3.05) is 34.3 Å². The van der Waals surface area contributed by atoms with Gasteiger partial charge in [0.05, 0.1) is 7.11 Å². The highest BCUT2D eigenvalue weighted by Crippen LogP contribution is 2.29. The summed E-state index contributed by atoms with van der Waals surface area (Å²) in [5.41, 5.74) is 0.557. The van der Waals surface area contributed by atoms with Gasteiger partial charge in [0.25, 0.3) is 0 Å². The van der Waals surface area contributed by atoms with Crippen molar-refractivity contribution < 1.29 is 17.9 Å². The number of aryl methyl sites for hydroxylation is 1. The fraction of sp³-hybridized carbons (Fsp3) is 0.545. The fourth-order valence-corrected chi connectivity index (χ4v) is 4.35. The Bertz CT molecular complexity index is 551. The van der Waals surface area contributed by atoms with E-state index in [1.165, 1.54) is 18.5 Å². The van der Waals surface area contributed by atoms with Gasteiger partial charge in [-0.15, -0.1) is 11.3 Å². The molecule has 0 saturated carbocycles. The van der Waals surface area contributed by atoms with Crippen LogP contribution in [0.3, 0.4) is 0 Å². The van der Waals surface area contributed by atoms with Crippen molar-refractivity contribution in [3.05, 3.63) is 15.8 Å². The lowest BCUT2D eigenvalue weighted by molar-refractivity contribution is 0.0602. The van der Waals surface area contributed by atoms with Gasteiger partial charge in [-0.05, 0) is 24.9 Å². The van der Waals surface area contributed by atoms with Gasteiger partial charge in [0.2, 0.25) is 10.0 Å². The van der Waals surface area contributed by atoms with Gasteiger partial charge in [0.1, 0.15) is 9.77 Å². The van der Waals surface area contributed by atoms with Gasteiger partial charge in [0, 0.05) is 20.1 Å². The summed E-state index contributed by atoms with van der Waals surface area (Å²) >= 11 is 1.08. The number of carbonyl (C=O) groups is 1. The minimum atomic E-state index is -3.68. The third kappa shape index (κ3) is 3.33. The van der Waals surface area contributed by atoms with Gasteiger partial charge in [-0.3, -0.25) is 0 Å². The maximum Gasteiger partial charge on any atom is 0.349 e. The predicted molar refractivity (Wildman–Crippen MR) is 74.1 cm³/mol. The van der Waals surface area contributed by atoms with Crippen LogP contribution in [0.25, 0.3) is 0 Å². The molecule has 0 fully saturated rings. The summed E-state index contributed by atoms with van der Waals surface area (Å²) in [6.45, 7) is 2.53. The lowest BCUT2D eigenvalue weighted by Crippen LogP contribution is -2.33. The molecule has 0 spiro atoms. The number of ether oxygens (including phenoxy) is 1. The van der Waals surface area contributed by atoms with Crippen LogP contribution in [0.15, 0.2) is 10.3 Å². The zero-order valence-corrected chi connectivity index (χ0v) is 13.0. The molecule has 0 unspecified atom stereocenters. The summed E-state index contributed by atoms with van der Waals surface area (Å²) in [6.07, 6.45) is 0. The molecule has 0 bridgehead atoms. The highest BCUT2D eigenvalue weighted by atomic mass is 32.2. The number of rotatable bonds is 6. The highest BCUT2D eigenvalue weighted by Gasteiger charge is 2.30. The fourth-order valence-electron chi connectivity index (χ4n) is 1.53. The molecule has 1 rings (SSSR count). The highest BCUT2D eigenvalue weighted by molar-refractivity contribution is 7.89. The molecule has 108 valence electrons. The van der Waals surface area contributed by atoms with E-state index in [4.69, 9.17) is 0 Å². The Morgan fingerprint density at radius 1 is 1.53 bits per heavy atom. The van der Waals surface area contributed by atoms with Gasteiger partial charge in [-0.25, -0.2) is 13.2 Å². The number of hydrogen-bond donors (Lipinski definition) is 1. The van der Waals surface area contributed by atoms with Crippen LogP contribution in [0, 0.1) is 6.92 Å². The van der Waals surface area contributed by atoms with Gasteiger partial charge < -0.3 is 10.1 Å². The summed E-state index contributed by atoms with van der Waals surface area (Å²) in [5, 5.41) is 4.53. The first-order valence-electron chi connectivity index (χ1n) is 5.63. The maximum absolute atomic E-state index is 12.5. The number of sulfonamides is 1. The van der Waals surface area contributed by atoms with Gasteiger partial charge in [-0.1, -0.05) is 0 Å². The standard InChI is InChI=1S/C11H18N2O4S2/c1-8-7-18-9(11(14)17-4)10(8)19(15,16)13(3)6-5-12-2/h7,12H,5-6H2,1-4H3. The molecule has 0 aliphatic rings. The molecular weight excluding hydrogens is 288 g/mol. The topological polar surface area (TPSA) is 75.7 Å². The third-order valence-corrected chi connectivity index (χ3v) is 5.89. The van der Waals surface area contributed by atoms with Crippen molar-refractivity contribution in [1.82, 2.24) is 9.62 Å². The quantitative estimate of drug-likeness (QED) is 0.782. The SMILES string of the molecule is CNCCN(C)S(=O)(=O)c1c(C)csc1C(=O)OC. The molecule has 6 nitrogen and oxygen atoms in total. The molecule has 1 heterocycles. The number of methoxy groups -OCH3 is 1. The first kappa shape index (κ1) is 16.1. The molecule has 0 radical (unpaired) electrons. The van der Waals surface area contributed by atoms with E-state index < -0.39 is 16.0 Å². The average molecular weight is 306 g/mol. The smallest absolute Gasteiger partial charge is 0.349 e. The minimum absolute atomic E-state index is 0.0444. The summed E-state index contributed by atoms with van der Waals surface area (Å²) in [6, 6.07) is 0. The number of esters is 1. The van der Waals surface area contributed by atoms with Crippen LogP contribution in [0.2, 0.25) is 0 Å². The number of nitrogens with one attached hydrogen (secondary N) is 1. The van der Waals surface area contributed by atoms with E-state index in [0.717, 1.165) is 11.3 Å². The van der Waals surface area contributed by atoms with E-state index in [-0.39, 0.29) is 9.77 Å². The van der Waals surface area contributed by atoms with Crippen molar-refractivity contribution in [3.63, 3.8) is 0 Å². The maximum atomic E-state index is 12.5. The lowest BCUT2D eigenvalue weighted by atomic mass is 10.3. The van der Waals surface area contributed by atoms with Gasteiger partial charge in [0.15, 0.2) is 0 Å². The van der Waals surface area contributed by atoms with E-state index >= 15 is 0 Å². The zero-order chi connectivity index (χ0) is 14.6. The van der Waals surface area contributed by atoms with E-state index in [1.54, 1.807) is 19.4 Å². The van der Waals surface area contributed by atoms with Crippen LogP contribution in [0.5, 0.6) is 0 Å². The van der Waals surface area contributed by atoms with Crippen molar-refractivity contribution in [3.8, 4) is 0 Å². The van der Waals surface area contributed by atoms with E-state index in [9.17, 15) is 13.2 Å². The number of carbonyl (C=O) groups excluding carboxylic acids is 1. The second-order valence-corrected chi connectivity index (χ2v) is 6.86. The Morgan fingerprint density at radius 2 is 2.16 bits per heavy atom. The minimum Gasteiger partial charge on any atom is -0.465 e. The molecule has 8 heteroatoms. The molecule has 0 atom stereocenters. The monoisotopic (exact) mass is 306 g/mol. The third-order valence-electron chi connectivity index (χ3n) is 2.63. The van der Waals surface area contributed by atoms with Crippen LogP contribution in [0.1, 0.15) is 15.2 Å². The second-order valence-electron chi connectivity index (χ2n) is 4.00. The molecule has 0 amide bonds. The summed E-state index contributed by atoms with van der Waals surface area (Å²) in [7, 11) is 0.790. The Kier molecular flexibility index (Phi) is 5.48. The molecular formula is C11H18N2O4S2. The number of hydrogen-bond acceptors (Lipinski definition) is 6. The average Bonchev–Trinajstić information content (AvgIpc) is 2.77. The van der Waals surface area contributed by atoms with Crippen LogP contribution in [0.4, 0.5) is 0 Å². The Morgan fingerprint density at radius 3 is 2.68 bits per heavy atom. The molecule has 0 aliphatic heterocycles. The lowest BCUT2D eigenvalue weighted by Gasteiger charge is -2.17. The largest absolute Gasteiger partial charge is 0.465 e. The first-order valence-corrected chi connectivity index (χ1v) is 7.95. The summed E-state index contributed by atoms with van der Waals surface area (Å²) in [4.78, 5) is 11.8. The van der Waals surface area contributed by atoms with Crippen molar-refractivity contribution >= 4 is 27.3 Å². The van der Waals surface area contributed by atoms with Crippen molar-refractivity contribution in [1.29, 1.82) is 0 Å². The zero-order valence-electron chi connectivity index (χ0n) is 11.4. The van der Waals surface area contributed by atoms with Gasteiger partial charge >= 0.3 is 5.97 Å². The summed E-state index contributed by atoms with van der Waals surface area (Å²) < 4.78 is 30.8. The Balaban J connectivity index is 3.21. The van der Waals surface area contributed by atoms with E-state index in [2.05, 4.69) is 10.1 Å². The normalized spacial score (nSPS) is 11.8. The number of nitrogens with zero attached hydrogens (tertiary/aromatic N) is 1. The van der Waals surface area contributed by atoms with Crippen LogP contribution in [-0.2, 0) is 14.8 Å². The van der Waals surface area contributed by atoms with E-state index in [0.29, 0.717) is 18.7 Å². The number of likely N-dealkylation sites (N-methyl/N-ethyl adjacent to an activating group) is 2. The second kappa shape index (κ2) is 6.47. The van der Waals surface area contributed by atoms with Crippen LogP contribution >= 0.6 is 11.3 Å². The summed E-state index contributed by atoms with van der Waals surface area (Å²) in [5.74, 6) is -0.626. The van der Waals surface area contributed by atoms with E-state index in [1.807, 2.05) is 0 Å². The van der Waals surface area contributed by atoms with Crippen molar-refractivity contribution in [2.45, 2.75) is 11.8 Å². The molecule has 1 aromatic rings. The number of thiophene rings is 1. The molecule has 0 aromatic carbocycles. The molecule has 0 saturated heterocycles. The predicted octanol–water partition coefficient (Wildman–Crippen LogP) is 0.683. The molecule has 0 aliphatic carbocycles.